The molecule has 2 unspecified atom stereocenters. The van der Waals surface area contributed by atoms with Crippen LogP contribution in [-0.4, -0.2) is 19.9 Å². The Hall–Kier alpha value is -1.28. The van der Waals surface area contributed by atoms with Crippen molar-refractivity contribution in [1.82, 2.24) is 9.78 Å². The Balaban J connectivity index is 3.17. The zero-order chi connectivity index (χ0) is 11.6. The van der Waals surface area contributed by atoms with Gasteiger partial charge in [0.1, 0.15) is 14.8 Å². The van der Waals surface area contributed by atoms with Crippen LogP contribution in [0.2, 0.25) is 0 Å². The first kappa shape index (κ1) is 11.8. The lowest BCUT2D eigenvalue weighted by atomic mass is 10.7. The van der Waals surface area contributed by atoms with Gasteiger partial charge in [-0.3, -0.25) is 4.79 Å². The molecule has 1 aromatic rings. The SMILES string of the molecule is CC(=O)N=S(N)(=O)c1cnn(C(C)F)c1. The molecule has 1 amide bonds. The van der Waals surface area contributed by atoms with Gasteiger partial charge in [-0.05, 0) is 6.92 Å². The smallest absolute Gasteiger partial charge is 0.251 e. The average Bonchev–Trinajstić information content (AvgIpc) is 2.48. The number of nitrogens with two attached hydrogens (primary N) is 1. The molecule has 1 aromatic heterocycles. The Bertz CT molecular complexity index is 487. The lowest BCUT2D eigenvalue weighted by Gasteiger charge is -2.00. The van der Waals surface area contributed by atoms with Crippen LogP contribution in [0.4, 0.5) is 4.39 Å². The molecule has 0 fully saturated rings. The molecule has 0 bridgehead atoms. The first-order valence-corrected chi connectivity index (χ1v) is 5.64. The summed E-state index contributed by atoms with van der Waals surface area (Å²) in [6.45, 7) is 2.39. The summed E-state index contributed by atoms with van der Waals surface area (Å²) in [5.74, 6) is -0.649. The summed E-state index contributed by atoms with van der Waals surface area (Å²) < 4.78 is 28.6. The number of hydrogen-bond donors (Lipinski definition) is 1. The highest BCUT2D eigenvalue weighted by atomic mass is 32.2. The van der Waals surface area contributed by atoms with Gasteiger partial charge >= 0.3 is 0 Å². The molecule has 0 radical (unpaired) electrons. The van der Waals surface area contributed by atoms with E-state index in [4.69, 9.17) is 5.14 Å². The van der Waals surface area contributed by atoms with Crippen molar-refractivity contribution in [2.75, 3.05) is 0 Å². The van der Waals surface area contributed by atoms with E-state index in [9.17, 15) is 13.4 Å². The molecule has 0 aliphatic carbocycles. The molecule has 84 valence electrons. The van der Waals surface area contributed by atoms with Gasteiger partial charge in [0.2, 0.25) is 0 Å². The van der Waals surface area contributed by atoms with E-state index in [-0.39, 0.29) is 4.90 Å². The van der Waals surface area contributed by atoms with Gasteiger partial charge in [-0.2, -0.15) is 5.10 Å². The molecule has 0 spiro atoms. The summed E-state index contributed by atoms with van der Waals surface area (Å²) in [5.41, 5.74) is 0. The van der Waals surface area contributed by atoms with Crippen molar-refractivity contribution in [3.63, 3.8) is 0 Å². The van der Waals surface area contributed by atoms with Crippen molar-refractivity contribution >= 4 is 15.8 Å². The molecule has 8 heteroatoms. The first-order chi connectivity index (χ1) is 6.83. The second-order valence-electron chi connectivity index (χ2n) is 2.91. The number of rotatable bonds is 2. The van der Waals surface area contributed by atoms with Crippen molar-refractivity contribution in [2.45, 2.75) is 25.0 Å². The normalized spacial score (nSPS) is 16.8. The van der Waals surface area contributed by atoms with Crippen molar-refractivity contribution in [3.8, 4) is 0 Å². The van der Waals surface area contributed by atoms with Crippen LogP contribution in [0.15, 0.2) is 21.7 Å². The van der Waals surface area contributed by atoms with E-state index in [1.807, 2.05) is 0 Å². The average molecular weight is 234 g/mol. The van der Waals surface area contributed by atoms with Crippen LogP contribution in [0.3, 0.4) is 0 Å². The van der Waals surface area contributed by atoms with Crippen LogP contribution < -0.4 is 5.14 Å². The number of carbonyl (C=O) groups excluding carboxylic acids is 1. The number of carbonyl (C=O) groups is 1. The quantitative estimate of drug-likeness (QED) is 0.813. The summed E-state index contributed by atoms with van der Waals surface area (Å²) in [4.78, 5) is 10.7. The van der Waals surface area contributed by atoms with Gasteiger partial charge in [-0.25, -0.2) is 18.4 Å². The summed E-state index contributed by atoms with van der Waals surface area (Å²) in [6.07, 6.45) is 0.941. The van der Waals surface area contributed by atoms with Crippen molar-refractivity contribution in [2.24, 2.45) is 9.50 Å². The Morgan fingerprint density at radius 1 is 1.80 bits per heavy atom. The standard InChI is InChI=1S/C7H11FN4O2S/c1-5(8)12-4-7(3-10-12)15(9,14)11-6(2)13/h3-5H,1-2H3,(H2,9,11,13,14). The topological polar surface area (TPSA) is 90.3 Å². The fourth-order valence-electron chi connectivity index (χ4n) is 0.910. The van der Waals surface area contributed by atoms with E-state index < -0.39 is 22.1 Å². The lowest BCUT2D eigenvalue weighted by Crippen LogP contribution is -2.13. The van der Waals surface area contributed by atoms with Gasteiger partial charge in [0, 0.05) is 13.1 Å². The lowest BCUT2D eigenvalue weighted by molar-refractivity contribution is -0.115. The van der Waals surface area contributed by atoms with Crippen LogP contribution in [-0.2, 0) is 14.7 Å². The third-order valence-corrected chi connectivity index (χ3v) is 2.96. The number of nitrogens with zero attached hydrogens (tertiary/aromatic N) is 3. The summed E-state index contributed by atoms with van der Waals surface area (Å²) in [5, 5.41) is 8.92. The Labute approximate surface area is 86.6 Å². The van der Waals surface area contributed by atoms with Gasteiger partial charge in [-0.15, -0.1) is 4.36 Å². The summed E-state index contributed by atoms with van der Waals surface area (Å²) >= 11 is 0. The zero-order valence-corrected chi connectivity index (χ0v) is 9.07. The van der Waals surface area contributed by atoms with E-state index in [0.717, 1.165) is 17.8 Å². The van der Waals surface area contributed by atoms with Gasteiger partial charge in [0.05, 0.1) is 6.20 Å². The third-order valence-electron chi connectivity index (χ3n) is 1.54. The molecule has 1 heterocycles. The predicted octanol–water partition coefficient (Wildman–Crippen LogP) is 0.618. The van der Waals surface area contributed by atoms with E-state index >= 15 is 0 Å². The highest BCUT2D eigenvalue weighted by Crippen LogP contribution is 2.12. The molecule has 0 saturated heterocycles. The van der Waals surface area contributed by atoms with Crippen LogP contribution >= 0.6 is 0 Å². The number of hydrogen-bond acceptors (Lipinski definition) is 3. The molecule has 0 aliphatic rings. The molecule has 15 heavy (non-hydrogen) atoms. The van der Waals surface area contributed by atoms with Crippen molar-refractivity contribution in [3.05, 3.63) is 12.4 Å². The minimum atomic E-state index is -3.30. The summed E-state index contributed by atoms with van der Waals surface area (Å²) in [6, 6.07) is 0. The molecule has 0 saturated carbocycles. The third kappa shape index (κ3) is 2.83. The van der Waals surface area contributed by atoms with Gasteiger partial charge < -0.3 is 0 Å². The van der Waals surface area contributed by atoms with E-state index in [2.05, 4.69) is 9.46 Å². The Kier molecular flexibility index (Phi) is 3.20. The minimum absolute atomic E-state index is 0.0298. The predicted molar refractivity (Wildman–Crippen MR) is 51.8 cm³/mol. The van der Waals surface area contributed by atoms with E-state index in [0.29, 0.717) is 0 Å². The molecular formula is C7H11FN4O2S. The number of amides is 1. The van der Waals surface area contributed by atoms with E-state index in [1.54, 1.807) is 0 Å². The van der Waals surface area contributed by atoms with Gasteiger partial charge in [0.25, 0.3) is 5.91 Å². The fraction of sp³-hybridized carbons (Fsp3) is 0.429. The van der Waals surface area contributed by atoms with Crippen molar-refractivity contribution < 1.29 is 13.4 Å². The summed E-state index contributed by atoms with van der Waals surface area (Å²) in [7, 11) is -3.30. The van der Waals surface area contributed by atoms with Crippen LogP contribution in [0.1, 0.15) is 20.1 Å². The molecule has 0 aliphatic heterocycles. The largest absolute Gasteiger partial charge is 0.272 e. The van der Waals surface area contributed by atoms with E-state index in [1.165, 1.54) is 13.1 Å². The maximum absolute atomic E-state index is 12.8. The molecule has 0 aromatic carbocycles. The first-order valence-electron chi connectivity index (χ1n) is 4.06. The van der Waals surface area contributed by atoms with Crippen LogP contribution in [0.5, 0.6) is 0 Å². The Morgan fingerprint density at radius 3 is 2.80 bits per heavy atom. The maximum atomic E-state index is 12.8. The van der Waals surface area contributed by atoms with Gasteiger partial charge in [-0.1, -0.05) is 0 Å². The minimum Gasteiger partial charge on any atom is -0.272 e. The maximum Gasteiger partial charge on any atom is 0.251 e. The number of halogens is 1. The molecular weight excluding hydrogens is 223 g/mol. The number of aromatic nitrogens is 2. The number of alkyl halides is 1. The Morgan fingerprint density at radius 2 is 2.40 bits per heavy atom. The molecule has 1 rings (SSSR count). The van der Waals surface area contributed by atoms with Gasteiger partial charge in [0.15, 0.2) is 6.30 Å². The molecule has 6 nitrogen and oxygen atoms in total. The fourth-order valence-corrected chi connectivity index (χ4v) is 1.85. The second-order valence-corrected chi connectivity index (χ2v) is 4.70. The van der Waals surface area contributed by atoms with Crippen LogP contribution in [0, 0.1) is 0 Å². The zero-order valence-electron chi connectivity index (χ0n) is 8.25. The monoisotopic (exact) mass is 234 g/mol. The van der Waals surface area contributed by atoms with Crippen LogP contribution in [0.25, 0.3) is 0 Å². The highest BCUT2D eigenvalue weighted by molar-refractivity contribution is 7.91. The van der Waals surface area contributed by atoms with Crippen molar-refractivity contribution in [1.29, 1.82) is 0 Å². The molecule has 2 N–H and O–H groups in total. The highest BCUT2D eigenvalue weighted by Gasteiger charge is 2.12. The molecule has 2 atom stereocenters. The second kappa shape index (κ2) is 4.07.